The molecule has 1 saturated carbocycles. The molecule has 214 valence electrons. The molecule has 5 rings (SSSR count). The van der Waals surface area contributed by atoms with Crippen LogP contribution in [0.3, 0.4) is 0 Å². The number of amides is 2. The first kappa shape index (κ1) is 28.4. The van der Waals surface area contributed by atoms with Crippen LogP contribution in [0.2, 0.25) is 0 Å². The van der Waals surface area contributed by atoms with Crippen molar-refractivity contribution in [2.24, 2.45) is 0 Å². The fourth-order valence-electron chi connectivity index (χ4n) is 5.72. The molecule has 2 fully saturated rings. The number of aromatic nitrogens is 1. The van der Waals surface area contributed by atoms with Crippen LogP contribution >= 0.6 is 12.2 Å². The van der Waals surface area contributed by atoms with E-state index in [1.54, 1.807) is 49.7 Å². The average Bonchev–Trinajstić information content (AvgIpc) is 3.65. The van der Waals surface area contributed by atoms with Crippen LogP contribution in [0.1, 0.15) is 42.9 Å². The van der Waals surface area contributed by atoms with Gasteiger partial charge in [-0.15, -0.1) is 0 Å². The van der Waals surface area contributed by atoms with Gasteiger partial charge in [-0.2, -0.15) is 0 Å². The van der Waals surface area contributed by atoms with Crippen molar-refractivity contribution < 1.29 is 19.1 Å². The lowest BCUT2D eigenvalue weighted by atomic mass is 9.92. The Kier molecular flexibility index (Phi) is 8.68. The number of rotatable bonds is 10. The maximum atomic E-state index is 14.2. The number of benzene rings is 2. The monoisotopic (exact) mass is 573 g/mol. The Hall–Kier alpha value is -4.18. The number of anilines is 1. The molecule has 1 unspecified atom stereocenters. The fourth-order valence-corrected chi connectivity index (χ4v) is 6.00. The number of thiocarbonyl (C=S) groups is 1. The second-order valence-electron chi connectivity index (χ2n) is 10.4. The summed E-state index contributed by atoms with van der Waals surface area (Å²) >= 11 is 5.63. The summed E-state index contributed by atoms with van der Waals surface area (Å²) in [6, 6.07) is 19.0. The third kappa shape index (κ3) is 6.12. The summed E-state index contributed by atoms with van der Waals surface area (Å²) in [6.45, 7) is 0.893. The smallest absolute Gasteiger partial charge is 0.250 e. The molecule has 2 aliphatic rings. The molecule has 2 amide bonds. The number of methoxy groups -OCH3 is 2. The third-order valence-corrected chi connectivity index (χ3v) is 8.28. The maximum absolute atomic E-state index is 14.2. The summed E-state index contributed by atoms with van der Waals surface area (Å²) in [5.41, 5.74) is 1.45. The Morgan fingerprint density at radius 1 is 1.10 bits per heavy atom. The predicted octanol–water partition coefficient (Wildman–Crippen LogP) is 4.31. The van der Waals surface area contributed by atoms with Gasteiger partial charge in [0, 0.05) is 31.5 Å². The molecule has 0 bridgehead atoms. The zero-order valence-corrected chi connectivity index (χ0v) is 24.2. The summed E-state index contributed by atoms with van der Waals surface area (Å²) in [5.74, 6) is 0.703. The van der Waals surface area contributed by atoms with Gasteiger partial charge in [0.25, 0.3) is 0 Å². The van der Waals surface area contributed by atoms with Crippen molar-refractivity contribution >= 4 is 34.8 Å². The van der Waals surface area contributed by atoms with Gasteiger partial charge in [-0.25, -0.2) is 0 Å². The van der Waals surface area contributed by atoms with Crippen molar-refractivity contribution in [1.82, 2.24) is 20.1 Å². The zero-order chi connectivity index (χ0) is 28.8. The first-order valence-electron chi connectivity index (χ1n) is 13.8. The Balaban J connectivity index is 1.42. The number of pyridine rings is 1. The van der Waals surface area contributed by atoms with Crippen molar-refractivity contribution in [1.29, 1.82) is 0 Å². The van der Waals surface area contributed by atoms with E-state index in [0.29, 0.717) is 41.7 Å². The van der Waals surface area contributed by atoms with Gasteiger partial charge >= 0.3 is 0 Å². The number of hydrogen-bond acceptors (Lipinski definition) is 6. The minimum Gasteiger partial charge on any atom is -0.497 e. The quantitative estimate of drug-likeness (QED) is 0.347. The van der Waals surface area contributed by atoms with E-state index in [1.807, 2.05) is 47.4 Å². The highest BCUT2D eigenvalue weighted by molar-refractivity contribution is 7.80. The van der Waals surface area contributed by atoms with Gasteiger partial charge in [-0.05, 0) is 54.4 Å². The highest BCUT2D eigenvalue weighted by Crippen LogP contribution is 2.39. The molecule has 3 aromatic rings. The normalized spacial score (nSPS) is 17.6. The summed E-state index contributed by atoms with van der Waals surface area (Å²) in [7, 11) is 3.12. The maximum Gasteiger partial charge on any atom is 0.250 e. The van der Waals surface area contributed by atoms with E-state index in [0.717, 1.165) is 24.0 Å². The Bertz CT molecular complexity index is 1380. The van der Waals surface area contributed by atoms with Gasteiger partial charge in [-0.3, -0.25) is 14.6 Å². The van der Waals surface area contributed by atoms with Crippen LogP contribution in [0.25, 0.3) is 0 Å². The van der Waals surface area contributed by atoms with E-state index in [4.69, 9.17) is 21.7 Å². The van der Waals surface area contributed by atoms with Crippen molar-refractivity contribution in [2.45, 2.75) is 43.8 Å². The number of ether oxygens (including phenoxy) is 2. The predicted molar refractivity (Wildman–Crippen MR) is 161 cm³/mol. The van der Waals surface area contributed by atoms with Crippen molar-refractivity contribution in [3.8, 4) is 11.5 Å². The van der Waals surface area contributed by atoms with Gasteiger partial charge in [0.15, 0.2) is 5.11 Å². The highest BCUT2D eigenvalue weighted by atomic mass is 32.1. The van der Waals surface area contributed by atoms with Crippen LogP contribution in [0, 0.1) is 0 Å². The second kappa shape index (κ2) is 12.6. The molecular weight excluding hydrogens is 538 g/mol. The van der Waals surface area contributed by atoms with Crippen LogP contribution in [0.15, 0.2) is 73.1 Å². The van der Waals surface area contributed by atoms with Gasteiger partial charge in [0.1, 0.15) is 17.0 Å². The van der Waals surface area contributed by atoms with Gasteiger partial charge in [0.2, 0.25) is 11.8 Å². The lowest BCUT2D eigenvalue weighted by molar-refractivity contribution is -0.146. The molecule has 0 spiro atoms. The van der Waals surface area contributed by atoms with Crippen LogP contribution in [-0.4, -0.2) is 64.6 Å². The molecule has 2 aromatic carbocycles. The topological polar surface area (TPSA) is 96.0 Å². The summed E-state index contributed by atoms with van der Waals surface area (Å²) in [5, 5.41) is 6.94. The number of carbonyl (C=O) groups is 2. The number of carbonyl (C=O) groups excluding carboxylic acids is 2. The molecular formula is C31H35N5O4S. The SMILES string of the molecule is COc1ccc(NC(=O)C2(N(Cc3cccnc3)C(=O)CN3CC(c4ccccc4)NC3=S)CCCC2)c(OC)c1. The molecule has 1 aliphatic carbocycles. The minimum absolute atomic E-state index is 0.00505. The standard InChI is InChI=1S/C31H35N5O4S/c1-39-24-12-13-25(27(17-24)40-2)33-29(38)31(14-6-7-15-31)36(19-22-9-8-16-32-18-22)28(37)21-35-20-26(34-30(35)41)23-10-4-3-5-11-23/h3-5,8-13,16-18,26H,6-7,14-15,19-21H2,1-2H3,(H,33,38)(H,34,41). The summed E-state index contributed by atoms with van der Waals surface area (Å²) in [6.07, 6.45) is 6.22. The van der Waals surface area contributed by atoms with Crippen molar-refractivity contribution in [3.63, 3.8) is 0 Å². The summed E-state index contributed by atoms with van der Waals surface area (Å²) in [4.78, 5) is 36.3. The molecule has 2 heterocycles. The first-order valence-corrected chi connectivity index (χ1v) is 14.2. The second-order valence-corrected chi connectivity index (χ2v) is 10.8. The van der Waals surface area contributed by atoms with E-state index < -0.39 is 5.54 Å². The van der Waals surface area contributed by atoms with E-state index in [9.17, 15) is 9.59 Å². The van der Waals surface area contributed by atoms with Crippen molar-refractivity contribution in [2.75, 3.05) is 32.6 Å². The van der Waals surface area contributed by atoms with E-state index in [1.165, 1.54) is 0 Å². The molecule has 1 aromatic heterocycles. The first-order chi connectivity index (χ1) is 19.9. The molecule has 41 heavy (non-hydrogen) atoms. The van der Waals surface area contributed by atoms with E-state index >= 15 is 0 Å². The molecule has 9 nitrogen and oxygen atoms in total. The van der Waals surface area contributed by atoms with Crippen LogP contribution < -0.4 is 20.1 Å². The molecule has 1 saturated heterocycles. The van der Waals surface area contributed by atoms with Crippen LogP contribution in [-0.2, 0) is 16.1 Å². The van der Waals surface area contributed by atoms with Crippen molar-refractivity contribution in [3.05, 3.63) is 84.2 Å². The van der Waals surface area contributed by atoms with Gasteiger partial charge < -0.3 is 29.9 Å². The molecule has 1 aliphatic heterocycles. The number of hydrogen-bond donors (Lipinski definition) is 2. The lowest BCUT2D eigenvalue weighted by Crippen LogP contribution is -2.59. The van der Waals surface area contributed by atoms with E-state index in [2.05, 4.69) is 15.6 Å². The van der Waals surface area contributed by atoms with Crippen LogP contribution in [0.4, 0.5) is 5.69 Å². The molecule has 2 N–H and O–H groups in total. The fraction of sp³-hybridized carbons (Fsp3) is 0.355. The zero-order valence-electron chi connectivity index (χ0n) is 23.3. The van der Waals surface area contributed by atoms with E-state index in [-0.39, 0.29) is 30.9 Å². The third-order valence-electron chi connectivity index (χ3n) is 7.91. The van der Waals surface area contributed by atoms with Crippen LogP contribution in [0.5, 0.6) is 11.5 Å². The summed E-state index contributed by atoms with van der Waals surface area (Å²) < 4.78 is 10.8. The Morgan fingerprint density at radius 3 is 2.56 bits per heavy atom. The number of nitrogens with zero attached hydrogens (tertiary/aromatic N) is 3. The number of nitrogens with one attached hydrogen (secondary N) is 2. The lowest BCUT2D eigenvalue weighted by Gasteiger charge is -2.41. The van der Waals surface area contributed by atoms with Gasteiger partial charge in [0.05, 0.1) is 32.5 Å². The molecule has 0 radical (unpaired) electrons. The molecule has 10 heteroatoms. The average molecular weight is 574 g/mol. The Morgan fingerprint density at radius 2 is 1.88 bits per heavy atom. The van der Waals surface area contributed by atoms with Gasteiger partial charge in [-0.1, -0.05) is 49.2 Å². The molecule has 1 atom stereocenters. The minimum atomic E-state index is -1.04. The highest BCUT2D eigenvalue weighted by Gasteiger charge is 2.49. The largest absolute Gasteiger partial charge is 0.497 e. The Labute approximate surface area is 245 Å².